The number of piperazine rings is 1. The van der Waals surface area contributed by atoms with E-state index < -0.39 is 0 Å². The van der Waals surface area contributed by atoms with E-state index in [1.54, 1.807) is 7.11 Å². The predicted octanol–water partition coefficient (Wildman–Crippen LogP) is 3.44. The van der Waals surface area contributed by atoms with Crippen LogP contribution >= 0.6 is 11.3 Å². The van der Waals surface area contributed by atoms with Crippen molar-refractivity contribution >= 4 is 11.3 Å². The molecule has 1 fully saturated rings. The number of hydrogen-bond acceptors (Lipinski definition) is 5. The van der Waals surface area contributed by atoms with E-state index in [4.69, 9.17) is 4.74 Å². The van der Waals surface area contributed by atoms with Crippen molar-refractivity contribution in [1.82, 2.24) is 9.80 Å². The second-order valence-corrected chi connectivity index (χ2v) is 8.56. The third-order valence-electron chi connectivity index (χ3n) is 5.17. The number of aryl methyl sites for hydroxylation is 2. The van der Waals surface area contributed by atoms with Crippen molar-refractivity contribution in [3.05, 3.63) is 51.2 Å². The van der Waals surface area contributed by atoms with Gasteiger partial charge in [0, 0.05) is 55.1 Å². The van der Waals surface area contributed by atoms with Crippen molar-refractivity contribution in [2.45, 2.75) is 39.4 Å². The van der Waals surface area contributed by atoms with Crippen LogP contribution in [0.4, 0.5) is 0 Å². The Morgan fingerprint density at radius 1 is 1.15 bits per heavy atom. The lowest BCUT2D eigenvalue weighted by molar-refractivity contribution is 0.0504. The maximum atomic E-state index is 9.53. The van der Waals surface area contributed by atoms with Crippen LogP contribution in [0.25, 0.3) is 0 Å². The molecule has 142 valence electrons. The van der Waals surface area contributed by atoms with Crippen LogP contribution in [0.15, 0.2) is 30.3 Å². The fourth-order valence-corrected chi connectivity index (χ4v) is 4.73. The van der Waals surface area contributed by atoms with E-state index in [1.165, 1.54) is 20.9 Å². The van der Waals surface area contributed by atoms with Crippen LogP contribution in [0, 0.1) is 13.8 Å². The minimum absolute atomic E-state index is 0.245. The smallest absolute Gasteiger partial charge is 0.121 e. The number of nitrogens with zero attached hydrogens (tertiary/aromatic N) is 2. The fraction of sp³-hybridized carbons (Fsp3) is 0.524. The number of aliphatic hydroxyl groups excluding tert-OH is 1. The zero-order chi connectivity index (χ0) is 18.5. The van der Waals surface area contributed by atoms with Gasteiger partial charge in [0.1, 0.15) is 5.75 Å². The molecule has 0 aliphatic carbocycles. The summed E-state index contributed by atoms with van der Waals surface area (Å²) in [6, 6.07) is 11.3. The Bertz CT molecular complexity index is 716. The van der Waals surface area contributed by atoms with Crippen LogP contribution in [0.3, 0.4) is 0 Å². The summed E-state index contributed by atoms with van der Waals surface area (Å²) in [4.78, 5) is 7.86. The van der Waals surface area contributed by atoms with Gasteiger partial charge in [-0.25, -0.2) is 0 Å². The standard InChI is InChI=1S/C21H30N2O2S/c1-16-12-18(5-7-21(16)25-3)13-23-10-9-22(14-19(23)8-11-24)15-20-6-4-17(2)26-20/h4-7,12,19,24H,8-11,13-15H2,1-3H3/t19-/m0/s1. The van der Waals surface area contributed by atoms with Gasteiger partial charge in [0.05, 0.1) is 7.11 Å². The summed E-state index contributed by atoms with van der Waals surface area (Å²) in [6.07, 6.45) is 0.828. The van der Waals surface area contributed by atoms with E-state index in [0.717, 1.165) is 44.9 Å². The lowest BCUT2D eigenvalue weighted by Gasteiger charge is -2.41. The van der Waals surface area contributed by atoms with Gasteiger partial charge in [-0.15, -0.1) is 11.3 Å². The van der Waals surface area contributed by atoms with E-state index in [2.05, 4.69) is 54.0 Å². The van der Waals surface area contributed by atoms with Crippen LogP contribution in [0.2, 0.25) is 0 Å². The number of methoxy groups -OCH3 is 1. The molecule has 3 rings (SSSR count). The molecule has 0 radical (unpaired) electrons. The highest BCUT2D eigenvalue weighted by Crippen LogP contribution is 2.23. The summed E-state index contributed by atoms with van der Waals surface area (Å²) in [6.45, 7) is 9.60. The molecular formula is C21H30N2O2S. The lowest BCUT2D eigenvalue weighted by atomic mass is 10.1. The topological polar surface area (TPSA) is 35.9 Å². The quantitative estimate of drug-likeness (QED) is 0.805. The summed E-state index contributed by atoms with van der Waals surface area (Å²) in [5.41, 5.74) is 2.49. The Labute approximate surface area is 161 Å². The van der Waals surface area contributed by atoms with Crippen LogP contribution in [-0.4, -0.2) is 54.3 Å². The van der Waals surface area contributed by atoms with Crippen molar-refractivity contribution in [3.63, 3.8) is 0 Å². The largest absolute Gasteiger partial charge is 0.496 e. The van der Waals surface area contributed by atoms with Gasteiger partial charge in [0.25, 0.3) is 0 Å². The van der Waals surface area contributed by atoms with Gasteiger partial charge in [0.2, 0.25) is 0 Å². The van der Waals surface area contributed by atoms with Gasteiger partial charge in [-0.3, -0.25) is 9.80 Å². The maximum Gasteiger partial charge on any atom is 0.121 e. The lowest BCUT2D eigenvalue weighted by Crippen LogP contribution is -2.52. The third kappa shape index (κ3) is 4.86. The number of thiophene rings is 1. The number of benzene rings is 1. The Hall–Kier alpha value is -1.40. The first-order valence-electron chi connectivity index (χ1n) is 9.35. The highest BCUT2D eigenvalue weighted by atomic mass is 32.1. The van der Waals surface area contributed by atoms with Gasteiger partial charge in [0.15, 0.2) is 0 Å². The van der Waals surface area contributed by atoms with Crippen LogP contribution in [0.5, 0.6) is 5.75 Å². The van der Waals surface area contributed by atoms with E-state index in [9.17, 15) is 5.11 Å². The van der Waals surface area contributed by atoms with Gasteiger partial charge in [-0.05, 0) is 49.6 Å². The van der Waals surface area contributed by atoms with E-state index in [1.807, 2.05) is 11.3 Å². The molecule has 0 saturated carbocycles. The normalized spacial score (nSPS) is 19.0. The van der Waals surface area contributed by atoms with Crippen molar-refractivity contribution in [2.24, 2.45) is 0 Å². The van der Waals surface area contributed by atoms with Crippen LogP contribution in [-0.2, 0) is 13.1 Å². The van der Waals surface area contributed by atoms with Gasteiger partial charge in [-0.1, -0.05) is 12.1 Å². The molecule has 1 saturated heterocycles. The highest BCUT2D eigenvalue weighted by molar-refractivity contribution is 7.11. The Kier molecular flexibility index (Phi) is 6.70. The number of rotatable bonds is 7. The molecule has 5 heteroatoms. The molecule has 1 atom stereocenters. The first-order chi connectivity index (χ1) is 12.6. The molecule has 1 aromatic carbocycles. The Morgan fingerprint density at radius 2 is 2.00 bits per heavy atom. The minimum Gasteiger partial charge on any atom is -0.496 e. The molecule has 0 amide bonds. The zero-order valence-corrected chi connectivity index (χ0v) is 16.9. The number of ether oxygens (including phenoxy) is 1. The number of aliphatic hydroxyl groups is 1. The maximum absolute atomic E-state index is 9.53. The predicted molar refractivity (Wildman–Crippen MR) is 108 cm³/mol. The molecule has 1 aliphatic heterocycles. The third-order valence-corrected chi connectivity index (χ3v) is 6.16. The molecule has 1 aromatic heterocycles. The molecular weight excluding hydrogens is 344 g/mol. The van der Waals surface area contributed by atoms with E-state index >= 15 is 0 Å². The molecule has 0 spiro atoms. The highest BCUT2D eigenvalue weighted by Gasteiger charge is 2.27. The summed E-state index contributed by atoms with van der Waals surface area (Å²) in [5.74, 6) is 0.941. The molecule has 26 heavy (non-hydrogen) atoms. The van der Waals surface area contributed by atoms with Crippen molar-refractivity contribution in [1.29, 1.82) is 0 Å². The molecule has 1 aliphatic rings. The molecule has 4 nitrogen and oxygen atoms in total. The summed E-state index contributed by atoms with van der Waals surface area (Å²) >= 11 is 1.89. The SMILES string of the molecule is COc1ccc(CN2CCN(Cc3ccc(C)s3)C[C@@H]2CCO)cc1C. The molecule has 0 unspecified atom stereocenters. The first-order valence-corrected chi connectivity index (χ1v) is 10.2. The second kappa shape index (κ2) is 9.00. The summed E-state index contributed by atoms with van der Waals surface area (Å²) in [5, 5.41) is 9.53. The van der Waals surface area contributed by atoms with Crippen molar-refractivity contribution in [2.75, 3.05) is 33.4 Å². The van der Waals surface area contributed by atoms with E-state index in [0.29, 0.717) is 6.04 Å². The van der Waals surface area contributed by atoms with Crippen molar-refractivity contribution in [3.8, 4) is 5.75 Å². The first kappa shape index (κ1) is 19.4. The van der Waals surface area contributed by atoms with Crippen LogP contribution < -0.4 is 4.74 Å². The molecule has 2 aromatic rings. The molecule has 2 heterocycles. The summed E-state index contributed by atoms with van der Waals surface area (Å²) in [7, 11) is 1.72. The van der Waals surface area contributed by atoms with Gasteiger partial charge < -0.3 is 9.84 Å². The van der Waals surface area contributed by atoms with Crippen molar-refractivity contribution < 1.29 is 9.84 Å². The summed E-state index contributed by atoms with van der Waals surface area (Å²) < 4.78 is 5.37. The van der Waals surface area contributed by atoms with Gasteiger partial charge in [-0.2, -0.15) is 0 Å². The Balaban J connectivity index is 1.63. The van der Waals surface area contributed by atoms with Crippen LogP contribution in [0.1, 0.15) is 27.3 Å². The zero-order valence-electron chi connectivity index (χ0n) is 16.1. The average Bonchev–Trinajstić information content (AvgIpc) is 3.02. The molecule has 0 bridgehead atoms. The Morgan fingerprint density at radius 3 is 2.65 bits per heavy atom. The van der Waals surface area contributed by atoms with Gasteiger partial charge >= 0.3 is 0 Å². The second-order valence-electron chi connectivity index (χ2n) is 7.19. The fourth-order valence-electron chi connectivity index (χ4n) is 3.80. The minimum atomic E-state index is 0.245. The average molecular weight is 375 g/mol. The molecule has 1 N–H and O–H groups in total. The van der Waals surface area contributed by atoms with E-state index in [-0.39, 0.29) is 6.61 Å². The number of hydrogen-bond donors (Lipinski definition) is 1. The monoisotopic (exact) mass is 374 g/mol.